The van der Waals surface area contributed by atoms with Gasteiger partial charge < -0.3 is 0 Å². The standard InChI is InChI=1S/C11H11ClSi/c1-13(12)11-8-4-6-9-5-2-3-7-10(9)11/h2-8,13H,1H3. The zero-order valence-electron chi connectivity index (χ0n) is 7.50. The van der Waals surface area contributed by atoms with E-state index in [0.29, 0.717) is 0 Å². The van der Waals surface area contributed by atoms with Crippen molar-refractivity contribution in [3.8, 4) is 0 Å². The third-order valence-corrected chi connectivity index (χ3v) is 4.32. The zero-order valence-corrected chi connectivity index (χ0v) is 9.41. The Morgan fingerprint density at radius 3 is 2.46 bits per heavy atom. The molecule has 0 aliphatic carbocycles. The van der Waals surface area contributed by atoms with E-state index < -0.39 is 8.11 Å². The van der Waals surface area contributed by atoms with Crippen LogP contribution in [0.15, 0.2) is 42.5 Å². The van der Waals surface area contributed by atoms with E-state index in [1.165, 1.54) is 16.0 Å². The monoisotopic (exact) mass is 206 g/mol. The fraction of sp³-hybridized carbons (Fsp3) is 0.0909. The molecule has 0 saturated carbocycles. The molecular formula is C11H11ClSi. The van der Waals surface area contributed by atoms with Gasteiger partial charge in [0, 0.05) is 0 Å². The highest BCUT2D eigenvalue weighted by molar-refractivity contribution is 7.14. The molecule has 0 amide bonds. The fourth-order valence-electron chi connectivity index (χ4n) is 1.60. The normalized spacial score (nSPS) is 13.1. The van der Waals surface area contributed by atoms with Gasteiger partial charge in [-0.25, -0.2) is 0 Å². The second-order valence-electron chi connectivity index (χ2n) is 3.18. The van der Waals surface area contributed by atoms with Gasteiger partial charge in [0.2, 0.25) is 0 Å². The van der Waals surface area contributed by atoms with E-state index in [2.05, 4.69) is 49.0 Å². The van der Waals surface area contributed by atoms with Crippen LogP contribution in [0.5, 0.6) is 0 Å². The van der Waals surface area contributed by atoms with E-state index in [0.717, 1.165) is 0 Å². The summed E-state index contributed by atoms with van der Waals surface area (Å²) in [6.45, 7) is 2.14. The maximum Gasteiger partial charge on any atom is 0.169 e. The molecule has 0 N–H and O–H groups in total. The highest BCUT2D eigenvalue weighted by atomic mass is 35.6. The molecule has 0 saturated heterocycles. The first-order valence-corrected chi connectivity index (χ1v) is 7.88. The maximum absolute atomic E-state index is 6.22. The Morgan fingerprint density at radius 2 is 1.69 bits per heavy atom. The van der Waals surface area contributed by atoms with E-state index in [1.807, 2.05) is 0 Å². The topological polar surface area (TPSA) is 0 Å². The first-order valence-electron chi connectivity index (χ1n) is 4.41. The van der Waals surface area contributed by atoms with Crippen molar-refractivity contribution in [1.29, 1.82) is 0 Å². The minimum absolute atomic E-state index is 1.21. The third kappa shape index (κ3) is 1.62. The Balaban J connectivity index is 2.76. The number of benzene rings is 2. The maximum atomic E-state index is 6.22. The highest BCUT2D eigenvalue weighted by Gasteiger charge is 2.06. The van der Waals surface area contributed by atoms with Crippen molar-refractivity contribution in [1.82, 2.24) is 0 Å². The van der Waals surface area contributed by atoms with Crippen molar-refractivity contribution < 1.29 is 0 Å². The smallest absolute Gasteiger partial charge is 0.166 e. The average molecular weight is 207 g/mol. The van der Waals surface area contributed by atoms with Crippen LogP contribution in [0, 0.1) is 0 Å². The van der Waals surface area contributed by atoms with Crippen LogP contribution in [-0.4, -0.2) is 8.11 Å². The van der Waals surface area contributed by atoms with E-state index in [-0.39, 0.29) is 0 Å². The fourth-order valence-corrected chi connectivity index (χ4v) is 3.24. The molecule has 66 valence electrons. The van der Waals surface area contributed by atoms with Crippen molar-refractivity contribution in [3.63, 3.8) is 0 Å². The second kappa shape index (κ2) is 3.52. The van der Waals surface area contributed by atoms with Gasteiger partial charge in [-0.15, -0.1) is 0 Å². The summed E-state index contributed by atoms with van der Waals surface area (Å²) in [5.74, 6) is 0. The number of rotatable bonds is 1. The molecule has 0 aliphatic rings. The zero-order chi connectivity index (χ0) is 9.26. The number of hydrogen-bond donors (Lipinski definition) is 0. The first-order chi connectivity index (χ1) is 6.29. The lowest BCUT2D eigenvalue weighted by Crippen LogP contribution is -2.20. The van der Waals surface area contributed by atoms with Gasteiger partial charge in [-0.1, -0.05) is 49.0 Å². The molecule has 0 aromatic heterocycles. The number of hydrogen-bond acceptors (Lipinski definition) is 0. The van der Waals surface area contributed by atoms with E-state index in [4.69, 9.17) is 11.1 Å². The lowest BCUT2D eigenvalue weighted by atomic mass is 10.1. The van der Waals surface area contributed by atoms with Crippen LogP contribution in [0.25, 0.3) is 10.8 Å². The molecule has 0 spiro atoms. The Bertz CT molecular complexity index is 418. The van der Waals surface area contributed by atoms with Crippen LogP contribution in [0.4, 0.5) is 0 Å². The van der Waals surface area contributed by atoms with E-state index in [9.17, 15) is 0 Å². The minimum Gasteiger partial charge on any atom is -0.166 e. The second-order valence-corrected chi connectivity index (χ2v) is 7.00. The number of halogens is 1. The highest BCUT2D eigenvalue weighted by Crippen LogP contribution is 2.12. The van der Waals surface area contributed by atoms with Crippen LogP contribution < -0.4 is 5.19 Å². The Morgan fingerprint density at radius 1 is 1.00 bits per heavy atom. The summed E-state index contributed by atoms with van der Waals surface area (Å²) in [6, 6.07) is 14.8. The van der Waals surface area contributed by atoms with Gasteiger partial charge in [0.1, 0.15) is 0 Å². The largest absolute Gasteiger partial charge is 0.169 e. The summed E-state index contributed by atoms with van der Waals surface area (Å²) in [7, 11) is -1.21. The quantitative estimate of drug-likeness (QED) is 0.497. The molecule has 2 aromatic carbocycles. The SMILES string of the molecule is C[SiH](Cl)c1cccc2ccccc12. The summed E-state index contributed by atoms with van der Waals surface area (Å²) in [6.07, 6.45) is 0. The summed E-state index contributed by atoms with van der Waals surface area (Å²) in [4.78, 5) is 0. The van der Waals surface area contributed by atoms with Crippen LogP contribution in [0.3, 0.4) is 0 Å². The molecule has 2 heteroatoms. The molecule has 13 heavy (non-hydrogen) atoms. The van der Waals surface area contributed by atoms with Gasteiger partial charge in [0.25, 0.3) is 0 Å². The van der Waals surface area contributed by atoms with Gasteiger partial charge in [-0.05, 0) is 16.0 Å². The Kier molecular flexibility index (Phi) is 2.38. The van der Waals surface area contributed by atoms with Gasteiger partial charge >= 0.3 is 0 Å². The molecule has 0 bridgehead atoms. The van der Waals surface area contributed by atoms with Crippen molar-refractivity contribution in [2.45, 2.75) is 6.55 Å². The van der Waals surface area contributed by atoms with Crippen molar-refractivity contribution in [2.75, 3.05) is 0 Å². The van der Waals surface area contributed by atoms with Gasteiger partial charge in [0.15, 0.2) is 8.11 Å². The molecule has 1 unspecified atom stereocenters. The van der Waals surface area contributed by atoms with Crippen molar-refractivity contribution >= 4 is 35.1 Å². The van der Waals surface area contributed by atoms with Crippen LogP contribution in [0.2, 0.25) is 6.55 Å². The molecule has 1 atom stereocenters. The third-order valence-electron chi connectivity index (χ3n) is 2.25. The van der Waals surface area contributed by atoms with Gasteiger partial charge in [-0.3, -0.25) is 0 Å². The summed E-state index contributed by atoms with van der Waals surface area (Å²) in [5, 5.41) is 3.96. The average Bonchev–Trinajstić information content (AvgIpc) is 2.17. The molecule has 0 heterocycles. The van der Waals surface area contributed by atoms with E-state index >= 15 is 0 Å². The number of fused-ring (bicyclic) bond motifs is 1. The molecule has 0 radical (unpaired) electrons. The predicted octanol–water partition coefficient (Wildman–Crippen LogP) is 2.64. The summed E-state index contributed by atoms with van der Waals surface area (Å²) < 4.78 is 0. The lowest BCUT2D eigenvalue weighted by Gasteiger charge is -2.06. The molecule has 0 fully saturated rings. The minimum atomic E-state index is -1.21. The Hall–Kier alpha value is -0.793. The van der Waals surface area contributed by atoms with Crippen molar-refractivity contribution in [3.05, 3.63) is 42.5 Å². The summed E-state index contributed by atoms with van der Waals surface area (Å²) in [5.41, 5.74) is 0. The molecule has 2 rings (SSSR count). The van der Waals surface area contributed by atoms with Crippen molar-refractivity contribution in [2.24, 2.45) is 0 Å². The molecule has 0 nitrogen and oxygen atoms in total. The van der Waals surface area contributed by atoms with Gasteiger partial charge in [0.05, 0.1) is 0 Å². The molecule has 0 aliphatic heterocycles. The predicted molar refractivity (Wildman–Crippen MR) is 62.4 cm³/mol. The lowest BCUT2D eigenvalue weighted by molar-refractivity contribution is 1.78. The molecule has 2 aromatic rings. The molecular weight excluding hydrogens is 196 g/mol. The first kappa shape index (κ1) is 8.79. The van der Waals surface area contributed by atoms with Gasteiger partial charge in [-0.2, -0.15) is 11.1 Å². The summed E-state index contributed by atoms with van der Waals surface area (Å²) >= 11 is 6.22. The van der Waals surface area contributed by atoms with Crippen LogP contribution >= 0.6 is 11.1 Å². The Labute approximate surface area is 84.5 Å². The van der Waals surface area contributed by atoms with Crippen LogP contribution in [0.1, 0.15) is 0 Å². The van der Waals surface area contributed by atoms with E-state index in [1.54, 1.807) is 0 Å². The van der Waals surface area contributed by atoms with Crippen LogP contribution in [-0.2, 0) is 0 Å².